The standard InChI is InChI=1S/C21H24N4O4S/c1-13(2)29-20-14(5-4-8-22-20)19(26)24-21-23-17-16(27-3)7-6-15(18(17)30-21)25-9-11-28-12-10-25/h4-8,13H,9-12H2,1-3H3,(H,23,24,26). The molecule has 9 heteroatoms. The van der Waals surface area contributed by atoms with Crippen LogP contribution >= 0.6 is 11.3 Å². The first kappa shape index (κ1) is 20.4. The number of pyridine rings is 1. The van der Waals surface area contributed by atoms with Crippen molar-refractivity contribution in [3.05, 3.63) is 36.0 Å². The van der Waals surface area contributed by atoms with E-state index in [9.17, 15) is 4.79 Å². The SMILES string of the molecule is COc1ccc(N2CCOCC2)c2sc(NC(=O)c3cccnc3OC(C)C)nc12. The molecule has 3 heterocycles. The second-order valence-corrected chi connectivity index (χ2v) is 8.06. The highest BCUT2D eigenvalue weighted by Gasteiger charge is 2.21. The molecule has 1 aliphatic rings. The average molecular weight is 429 g/mol. The maximum absolute atomic E-state index is 12.9. The molecule has 30 heavy (non-hydrogen) atoms. The topological polar surface area (TPSA) is 85.8 Å². The molecule has 1 saturated heterocycles. The highest BCUT2D eigenvalue weighted by molar-refractivity contribution is 7.23. The number of aromatic nitrogens is 2. The van der Waals surface area contributed by atoms with Crippen molar-refractivity contribution in [1.29, 1.82) is 0 Å². The van der Waals surface area contributed by atoms with Gasteiger partial charge in [-0.05, 0) is 38.1 Å². The number of amides is 1. The van der Waals surface area contributed by atoms with Gasteiger partial charge in [0.05, 0.1) is 36.8 Å². The number of nitrogens with one attached hydrogen (secondary N) is 1. The molecule has 3 aromatic rings. The van der Waals surface area contributed by atoms with Gasteiger partial charge in [0.15, 0.2) is 5.13 Å². The quantitative estimate of drug-likeness (QED) is 0.642. The normalized spacial score (nSPS) is 14.2. The average Bonchev–Trinajstić information content (AvgIpc) is 3.17. The smallest absolute Gasteiger partial charge is 0.262 e. The lowest BCUT2D eigenvalue weighted by Crippen LogP contribution is -2.36. The van der Waals surface area contributed by atoms with Gasteiger partial charge in [-0.3, -0.25) is 10.1 Å². The van der Waals surface area contributed by atoms with E-state index in [1.807, 2.05) is 26.0 Å². The number of hydrogen-bond acceptors (Lipinski definition) is 8. The van der Waals surface area contributed by atoms with Gasteiger partial charge in [-0.15, -0.1) is 0 Å². The number of methoxy groups -OCH3 is 1. The first-order valence-electron chi connectivity index (χ1n) is 9.80. The predicted molar refractivity (Wildman–Crippen MR) is 117 cm³/mol. The highest BCUT2D eigenvalue weighted by atomic mass is 32.1. The number of rotatable bonds is 6. The van der Waals surface area contributed by atoms with Gasteiger partial charge < -0.3 is 19.1 Å². The molecule has 0 bridgehead atoms. The third kappa shape index (κ3) is 4.17. The molecule has 0 radical (unpaired) electrons. The molecule has 1 aromatic carbocycles. The van der Waals surface area contributed by atoms with Crippen molar-refractivity contribution in [2.24, 2.45) is 0 Å². The highest BCUT2D eigenvalue weighted by Crippen LogP contribution is 2.39. The van der Waals surface area contributed by atoms with Crippen molar-refractivity contribution in [3.63, 3.8) is 0 Å². The Morgan fingerprint density at radius 2 is 2.07 bits per heavy atom. The fraction of sp³-hybridized carbons (Fsp3) is 0.381. The summed E-state index contributed by atoms with van der Waals surface area (Å²) in [6.45, 7) is 6.79. The molecule has 2 aromatic heterocycles. The molecule has 0 aliphatic carbocycles. The summed E-state index contributed by atoms with van der Waals surface area (Å²) in [6, 6.07) is 7.34. The number of fused-ring (bicyclic) bond motifs is 1. The van der Waals surface area contributed by atoms with E-state index in [4.69, 9.17) is 14.2 Å². The first-order chi connectivity index (χ1) is 14.6. The Morgan fingerprint density at radius 3 is 2.80 bits per heavy atom. The van der Waals surface area contributed by atoms with Crippen LogP contribution in [0.5, 0.6) is 11.6 Å². The minimum absolute atomic E-state index is 0.0887. The number of thiazole rings is 1. The number of anilines is 2. The summed E-state index contributed by atoms with van der Waals surface area (Å²) >= 11 is 1.42. The van der Waals surface area contributed by atoms with Crippen LogP contribution in [0.4, 0.5) is 10.8 Å². The van der Waals surface area contributed by atoms with Gasteiger partial charge in [-0.2, -0.15) is 0 Å². The van der Waals surface area contributed by atoms with Crippen LogP contribution in [0.25, 0.3) is 10.2 Å². The molecule has 1 fully saturated rings. The Kier molecular flexibility index (Phi) is 6.01. The molecule has 0 unspecified atom stereocenters. The summed E-state index contributed by atoms with van der Waals surface area (Å²) < 4.78 is 17.6. The molecular weight excluding hydrogens is 404 g/mol. The van der Waals surface area contributed by atoms with E-state index < -0.39 is 0 Å². The molecule has 158 valence electrons. The van der Waals surface area contributed by atoms with Crippen molar-refractivity contribution in [2.45, 2.75) is 20.0 Å². The maximum Gasteiger partial charge on any atom is 0.262 e. The number of carbonyl (C=O) groups excluding carboxylic acids is 1. The second kappa shape index (κ2) is 8.85. The lowest BCUT2D eigenvalue weighted by atomic mass is 10.2. The number of benzene rings is 1. The minimum Gasteiger partial charge on any atom is -0.494 e. The van der Waals surface area contributed by atoms with Gasteiger partial charge in [0.25, 0.3) is 5.91 Å². The Bertz CT molecular complexity index is 1050. The van der Waals surface area contributed by atoms with Crippen molar-refractivity contribution in [2.75, 3.05) is 43.6 Å². The zero-order chi connectivity index (χ0) is 21.1. The van der Waals surface area contributed by atoms with Crippen molar-refractivity contribution >= 4 is 38.3 Å². The maximum atomic E-state index is 12.9. The molecule has 1 aliphatic heterocycles. The third-order valence-electron chi connectivity index (χ3n) is 4.64. The van der Waals surface area contributed by atoms with E-state index >= 15 is 0 Å². The Hall–Kier alpha value is -2.91. The van der Waals surface area contributed by atoms with Gasteiger partial charge in [0, 0.05) is 19.3 Å². The van der Waals surface area contributed by atoms with Crippen LogP contribution in [0.3, 0.4) is 0 Å². The van der Waals surface area contributed by atoms with Crippen LogP contribution in [0.1, 0.15) is 24.2 Å². The van der Waals surface area contributed by atoms with Crippen LogP contribution in [-0.4, -0.2) is 55.4 Å². The zero-order valence-electron chi connectivity index (χ0n) is 17.2. The van der Waals surface area contributed by atoms with Gasteiger partial charge in [0.2, 0.25) is 5.88 Å². The van der Waals surface area contributed by atoms with E-state index in [0.29, 0.717) is 35.5 Å². The third-order valence-corrected chi connectivity index (χ3v) is 5.63. The zero-order valence-corrected chi connectivity index (χ0v) is 18.0. The van der Waals surface area contributed by atoms with Gasteiger partial charge >= 0.3 is 0 Å². The number of carbonyl (C=O) groups is 1. The largest absolute Gasteiger partial charge is 0.494 e. The van der Waals surface area contributed by atoms with Crippen molar-refractivity contribution < 1.29 is 19.0 Å². The van der Waals surface area contributed by atoms with E-state index in [1.165, 1.54) is 11.3 Å². The summed E-state index contributed by atoms with van der Waals surface area (Å²) in [4.78, 5) is 24.0. The van der Waals surface area contributed by atoms with Gasteiger partial charge in [-0.1, -0.05) is 11.3 Å². The second-order valence-electron chi connectivity index (χ2n) is 7.06. The summed E-state index contributed by atoms with van der Waals surface area (Å²) in [7, 11) is 1.62. The summed E-state index contributed by atoms with van der Waals surface area (Å²) in [5.74, 6) is 0.659. The van der Waals surface area contributed by atoms with E-state index in [0.717, 1.165) is 29.0 Å². The van der Waals surface area contributed by atoms with Crippen LogP contribution in [0.15, 0.2) is 30.5 Å². The number of ether oxygens (including phenoxy) is 3. The number of nitrogens with zero attached hydrogens (tertiary/aromatic N) is 3. The lowest BCUT2D eigenvalue weighted by molar-refractivity contribution is 0.102. The van der Waals surface area contributed by atoms with Crippen molar-refractivity contribution in [3.8, 4) is 11.6 Å². The lowest BCUT2D eigenvalue weighted by Gasteiger charge is -2.29. The molecule has 0 saturated carbocycles. The fourth-order valence-electron chi connectivity index (χ4n) is 3.29. The van der Waals surface area contributed by atoms with E-state index in [-0.39, 0.29) is 12.0 Å². The minimum atomic E-state index is -0.315. The summed E-state index contributed by atoms with van der Waals surface area (Å²) in [6.07, 6.45) is 1.51. The molecular formula is C21H24N4O4S. The van der Waals surface area contributed by atoms with Crippen LogP contribution in [0.2, 0.25) is 0 Å². The molecule has 0 spiro atoms. The molecule has 4 rings (SSSR count). The van der Waals surface area contributed by atoms with Crippen molar-refractivity contribution in [1.82, 2.24) is 9.97 Å². The van der Waals surface area contributed by atoms with Crippen LogP contribution in [0, 0.1) is 0 Å². The molecule has 8 nitrogen and oxygen atoms in total. The molecule has 1 N–H and O–H groups in total. The fourth-order valence-corrected chi connectivity index (χ4v) is 4.31. The van der Waals surface area contributed by atoms with E-state index in [2.05, 4.69) is 20.2 Å². The molecule has 0 atom stereocenters. The Morgan fingerprint density at radius 1 is 1.27 bits per heavy atom. The van der Waals surface area contributed by atoms with Gasteiger partial charge in [0.1, 0.15) is 16.8 Å². The first-order valence-corrected chi connectivity index (χ1v) is 10.6. The monoisotopic (exact) mass is 428 g/mol. The number of morpholine rings is 1. The van der Waals surface area contributed by atoms with E-state index in [1.54, 1.807) is 25.4 Å². The summed E-state index contributed by atoms with van der Waals surface area (Å²) in [5.41, 5.74) is 2.16. The molecule has 1 amide bonds. The van der Waals surface area contributed by atoms with Gasteiger partial charge in [-0.25, -0.2) is 9.97 Å². The Balaban J connectivity index is 1.66. The predicted octanol–water partition coefficient (Wildman–Crippen LogP) is 3.58. The summed E-state index contributed by atoms with van der Waals surface area (Å²) in [5, 5.41) is 3.39. The Labute approximate surface area is 178 Å². The van der Waals surface area contributed by atoms with Crippen LogP contribution < -0.4 is 19.7 Å². The van der Waals surface area contributed by atoms with Crippen LogP contribution in [-0.2, 0) is 4.74 Å². The number of hydrogen-bond donors (Lipinski definition) is 1.